The van der Waals surface area contributed by atoms with E-state index in [9.17, 15) is 4.39 Å². The van der Waals surface area contributed by atoms with Crippen LogP contribution >= 0.6 is 38.5 Å². The number of nitrogens with two attached hydrogens (primary N) is 1. The molecule has 1 nitrogen and oxygen atoms in total. The standard InChI is InChI=1S/C7H6BrFIN/c8-5-2-7(10)6(9)1-4(5)3-11/h1-2H,3,11H2. The molecule has 0 saturated carbocycles. The van der Waals surface area contributed by atoms with Gasteiger partial charge in [-0.05, 0) is 40.3 Å². The van der Waals surface area contributed by atoms with Crippen LogP contribution in [0.3, 0.4) is 0 Å². The Morgan fingerprint density at radius 2 is 2.18 bits per heavy atom. The average Bonchev–Trinajstić information content (AvgIpc) is 1.97. The van der Waals surface area contributed by atoms with Gasteiger partial charge in [-0.2, -0.15) is 0 Å². The lowest BCUT2D eigenvalue weighted by Crippen LogP contribution is -1.99. The maximum atomic E-state index is 12.9. The molecule has 0 heterocycles. The lowest BCUT2D eigenvalue weighted by Gasteiger charge is -2.02. The second-order valence-corrected chi connectivity index (χ2v) is 4.08. The van der Waals surface area contributed by atoms with Crippen LogP contribution in [0.5, 0.6) is 0 Å². The molecule has 0 saturated heterocycles. The highest BCUT2D eigenvalue weighted by molar-refractivity contribution is 14.1. The van der Waals surface area contributed by atoms with Gasteiger partial charge in [-0.1, -0.05) is 15.9 Å². The number of hydrogen-bond acceptors (Lipinski definition) is 1. The Balaban J connectivity index is 3.21. The molecule has 0 fully saturated rings. The molecule has 2 N–H and O–H groups in total. The zero-order valence-corrected chi connectivity index (χ0v) is 9.32. The predicted molar refractivity (Wildman–Crippen MR) is 54.7 cm³/mol. The van der Waals surface area contributed by atoms with Crippen LogP contribution in [0.25, 0.3) is 0 Å². The van der Waals surface area contributed by atoms with Crippen LogP contribution in [-0.4, -0.2) is 0 Å². The van der Waals surface area contributed by atoms with E-state index >= 15 is 0 Å². The van der Waals surface area contributed by atoms with Crippen LogP contribution in [0.15, 0.2) is 16.6 Å². The van der Waals surface area contributed by atoms with Crippen LogP contribution in [-0.2, 0) is 6.54 Å². The fourth-order valence-electron chi connectivity index (χ4n) is 0.720. The van der Waals surface area contributed by atoms with Gasteiger partial charge in [0.05, 0.1) is 0 Å². The topological polar surface area (TPSA) is 26.0 Å². The summed E-state index contributed by atoms with van der Waals surface area (Å²) in [6.45, 7) is 0.356. The zero-order valence-electron chi connectivity index (χ0n) is 5.57. The molecule has 1 aromatic carbocycles. The third-order valence-corrected chi connectivity index (χ3v) is 2.87. The molecule has 4 heteroatoms. The minimum Gasteiger partial charge on any atom is -0.326 e. The molecular weight excluding hydrogens is 324 g/mol. The molecule has 0 amide bonds. The van der Waals surface area contributed by atoms with Crippen LogP contribution in [0.2, 0.25) is 0 Å². The Hall–Kier alpha value is 0.320. The van der Waals surface area contributed by atoms with Crippen molar-refractivity contribution in [1.82, 2.24) is 0 Å². The Bertz CT molecular complexity index is 277. The van der Waals surface area contributed by atoms with Crippen LogP contribution in [0.4, 0.5) is 4.39 Å². The monoisotopic (exact) mass is 329 g/mol. The van der Waals surface area contributed by atoms with Gasteiger partial charge in [-0.25, -0.2) is 4.39 Å². The predicted octanol–water partition coefficient (Wildman–Crippen LogP) is 2.65. The molecule has 0 atom stereocenters. The van der Waals surface area contributed by atoms with Crippen molar-refractivity contribution in [1.29, 1.82) is 0 Å². The Morgan fingerprint density at radius 1 is 1.55 bits per heavy atom. The van der Waals surface area contributed by atoms with E-state index in [1.807, 2.05) is 22.6 Å². The van der Waals surface area contributed by atoms with Gasteiger partial charge >= 0.3 is 0 Å². The van der Waals surface area contributed by atoms with Crippen molar-refractivity contribution in [2.45, 2.75) is 6.54 Å². The van der Waals surface area contributed by atoms with Crippen molar-refractivity contribution < 1.29 is 4.39 Å². The lowest BCUT2D eigenvalue weighted by atomic mass is 10.2. The summed E-state index contributed by atoms with van der Waals surface area (Å²) in [5.41, 5.74) is 6.16. The summed E-state index contributed by atoms with van der Waals surface area (Å²) >= 11 is 5.23. The fourth-order valence-corrected chi connectivity index (χ4v) is 2.12. The van der Waals surface area contributed by atoms with Gasteiger partial charge in [0.15, 0.2) is 0 Å². The SMILES string of the molecule is NCc1cc(F)c(I)cc1Br. The molecular formula is C7H6BrFIN. The summed E-state index contributed by atoms with van der Waals surface area (Å²) in [5, 5.41) is 0. The third kappa shape index (κ3) is 2.13. The van der Waals surface area contributed by atoms with E-state index in [4.69, 9.17) is 5.73 Å². The highest BCUT2D eigenvalue weighted by Crippen LogP contribution is 2.21. The minimum absolute atomic E-state index is 0.214. The summed E-state index contributed by atoms with van der Waals surface area (Å²) in [4.78, 5) is 0. The molecule has 0 bridgehead atoms. The minimum atomic E-state index is -0.214. The Labute approximate surface area is 86.4 Å². The van der Waals surface area contributed by atoms with Crippen molar-refractivity contribution in [3.8, 4) is 0 Å². The molecule has 0 aliphatic rings. The number of benzene rings is 1. The molecule has 0 aliphatic heterocycles. The lowest BCUT2D eigenvalue weighted by molar-refractivity contribution is 0.617. The summed E-state index contributed by atoms with van der Waals surface area (Å²) in [6, 6.07) is 3.17. The fraction of sp³-hybridized carbons (Fsp3) is 0.143. The first-order valence-corrected chi connectivity index (χ1v) is 4.86. The van der Waals surface area contributed by atoms with Gasteiger partial charge in [-0.15, -0.1) is 0 Å². The molecule has 0 aliphatic carbocycles. The van der Waals surface area contributed by atoms with Gasteiger partial charge in [0.25, 0.3) is 0 Å². The van der Waals surface area contributed by atoms with E-state index in [2.05, 4.69) is 15.9 Å². The van der Waals surface area contributed by atoms with E-state index < -0.39 is 0 Å². The second kappa shape index (κ2) is 3.82. The third-order valence-electron chi connectivity index (χ3n) is 1.31. The molecule has 11 heavy (non-hydrogen) atoms. The van der Waals surface area contributed by atoms with Gasteiger partial charge in [-0.3, -0.25) is 0 Å². The number of hydrogen-bond donors (Lipinski definition) is 1. The quantitative estimate of drug-likeness (QED) is 0.622. The molecule has 0 unspecified atom stereocenters. The summed E-state index contributed by atoms with van der Waals surface area (Å²) in [5.74, 6) is -0.214. The maximum absolute atomic E-state index is 12.9. The highest BCUT2D eigenvalue weighted by atomic mass is 127. The first-order valence-electron chi connectivity index (χ1n) is 2.98. The Kier molecular flexibility index (Phi) is 3.27. The molecule has 0 spiro atoms. The summed E-state index contributed by atoms with van der Waals surface area (Å²) in [7, 11) is 0. The second-order valence-electron chi connectivity index (χ2n) is 2.06. The summed E-state index contributed by atoms with van der Waals surface area (Å²) in [6.07, 6.45) is 0. The van der Waals surface area contributed by atoms with Crippen LogP contribution in [0, 0.1) is 9.39 Å². The molecule has 1 aromatic rings. The summed E-state index contributed by atoms with van der Waals surface area (Å²) < 4.78 is 14.3. The number of halogens is 3. The van der Waals surface area contributed by atoms with Gasteiger partial charge in [0.2, 0.25) is 0 Å². The first kappa shape index (κ1) is 9.41. The van der Waals surface area contributed by atoms with Gasteiger partial charge in [0, 0.05) is 14.6 Å². The zero-order chi connectivity index (χ0) is 8.43. The van der Waals surface area contributed by atoms with E-state index in [1.165, 1.54) is 6.07 Å². The molecule has 1 rings (SSSR count). The highest BCUT2D eigenvalue weighted by Gasteiger charge is 2.03. The maximum Gasteiger partial charge on any atom is 0.136 e. The van der Waals surface area contributed by atoms with Crippen LogP contribution in [0.1, 0.15) is 5.56 Å². The largest absolute Gasteiger partial charge is 0.326 e. The van der Waals surface area contributed by atoms with E-state index in [0.717, 1.165) is 10.0 Å². The number of rotatable bonds is 1. The molecule has 0 aromatic heterocycles. The van der Waals surface area contributed by atoms with Crippen molar-refractivity contribution in [3.05, 3.63) is 31.6 Å². The normalized spacial score (nSPS) is 10.2. The van der Waals surface area contributed by atoms with E-state index in [1.54, 1.807) is 6.07 Å². The van der Waals surface area contributed by atoms with Crippen molar-refractivity contribution in [2.75, 3.05) is 0 Å². The van der Waals surface area contributed by atoms with Crippen molar-refractivity contribution in [2.24, 2.45) is 5.73 Å². The van der Waals surface area contributed by atoms with Gasteiger partial charge in [0.1, 0.15) is 5.82 Å². The average molecular weight is 330 g/mol. The van der Waals surface area contributed by atoms with Gasteiger partial charge < -0.3 is 5.73 Å². The smallest absolute Gasteiger partial charge is 0.136 e. The first-order chi connectivity index (χ1) is 5.15. The van der Waals surface area contributed by atoms with E-state index in [-0.39, 0.29) is 5.82 Å². The molecule has 0 radical (unpaired) electrons. The van der Waals surface area contributed by atoms with Crippen LogP contribution < -0.4 is 5.73 Å². The Morgan fingerprint density at radius 3 is 2.73 bits per heavy atom. The van der Waals surface area contributed by atoms with Crippen molar-refractivity contribution in [3.63, 3.8) is 0 Å². The molecule has 60 valence electrons. The van der Waals surface area contributed by atoms with E-state index in [0.29, 0.717) is 10.1 Å². The van der Waals surface area contributed by atoms with Crippen molar-refractivity contribution >= 4 is 38.5 Å².